The number of rotatable bonds is 4. The first-order valence-electron chi connectivity index (χ1n) is 7.16. The quantitative estimate of drug-likeness (QED) is 0.836. The van der Waals surface area contributed by atoms with Crippen molar-refractivity contribution < 1.29 is 14.3 Å². The zero-order valence-electron chi connectivity index (χ0n) is 12.4. The number of aliphatic hydroxyl groups excluding tert-OH is 1. The van der Waals surface area contributed by atoms with Gasteiger partial charge in [-0.05, 0) is 42.4 Å². The number of carbonyl (C=O) groups excluding carboxylic acids is 1. The van der Waals surface area contributed by atoms with Crippen LogP contribution in [0.4, 0.5) is 4.39 Å². The van der Waals surface area contributed by atoms with Gasteiger partial charge in [-0.1, -0.05) is 25.7 Å². The minimum Gasteiger partial charge on any atom is -0.384 e. The van der Waals surface area contributed by atoms with Crippen LogP contribution in [0.15, 0.2) is 18.2 Å². The Labute approximate surface area is 124 Å². The van der Waals surface area contributed by atoms with Crippen molar-refractivity contribution in [2.24, 2.45) is 11.3 Å². The molecule has 2 N–H and O–H groups in total. The average Bonchev–Trinajstić information content (AvgIpc) is 3.24. The van der Waals surface area contributed by atoms with Gasteiger partial charge in [-0.15, -0.1) is 0 Å². The number of aliphatic hydroxyl groups is 1. The summed E-state index contributed by atoms with van der Waals surface area (Å²) < 4.78 is 13.8. The molecule has 3 nitrogen and oxygen atoms in total. The first-order chi connectivity index (χ1) is 9.98. The van der Waals surface area contributed by atoms with E-state index in [2.05, 4.69) is 31.0 Å². The monoisotopic (exact) mass is 289 g/mol. The summed E-state index contributed by atoms with van der Waals surface area (Å²) in [6.45, 7) is 4.64. The molecule has 1 aromatic rings. The number of halogens is 1. The van der Waals surface area contributed by atoms with Crippen molar-refractivity contribution in [2.45, 2.75) is 26.7 Å². The number of amides is 1. The van der Waals surface area contributed by atoms with E-state index in [1.54, 1.807) is 6.07 Å². The predicted octanol–water partition coefficient (Wildman–Crippen LogP) is 2.34. The third-order valence-corrected chi connectivity index (χ3v) is 4.25. The first kappa shape index (κ1) is 15.5. The fraction of sp³-hybridized carbons (Fsp3) is 0.471. The summed E-state index contributed by atoms with van der Waals surface area (Å²) in [5.74, 6) is 4.61. The highest BCUT2D eigenvalue weighted by molar-refractivity contribution is 5.94. The maximum absolute atomic E-state index is 13.8. The second-order valence-electron chi connectivity index (χ2n) is 5.85. The molecular weight excluding hydrogens is 269 g/mol. The summed E-state index contributed by atoms with van der Waals surface area (Å²) in [7, 11) is 0. The molecule has 0 aliphatic heterocycles. The van der Waals surface area contributed by atoms with Crippen LogP contribution in [0.1, 0.15) is 42.6 Å². The summed E-state index contributed by atoms with van der Waals surface area (Å²) in [4.78, 5) is 12.1. The Hall–Kier alpha value is -1.86. The van der Waals surface area contributed by atoms with Crippen LogP contribution in [0.5, 0.6) is 0 Å². The van der Waals surface area contributed by atoms with Crippen molar-refractivity contribution in [3.8, 4) is 11.8 Å². The molecule has 1 amide bonds. The molecule has 4 heteroatoms. The Bertz CT molecular complexity index is 595. The fourth-order valence-electron chi connectivity index (χ4n) is 2.37. The Morgan fingerprint density at radius 1 is 1.48 bits per heavy atom. The Balaban J connectivity index is 2.01. The highest BCUT2D eigenvalue weighted by Crippen LogP contribution is 2.51. The number of carbonyl (C=O) groups is 1. The first-order valence-corrected chi connectivity index (χ1v) is 7.16. The molecule has 112 valence electrons. The van der Waals surface area contributed by atoms with Gasteiger partial charge in [0.2, 0.25) is 0 Å². The van der Waals surface area contributed by atoms with Gasteiger partial charge in [-0.25, -0.2) is 4.39 Å². The van der Waals surface area contributed by atoms with Crippen LogP contribution in [0.3, 0.4) is 0 Å². The van der Waals surface area contributed by atoms with Crippen LogP contribution in [0.25, 0.3) is 0 Å². The average molecular weight is 289 g/mol. The van der Waals surface area contributed by atoms with Gasteiger partial charge in [0.05, 0.1) is 5.56 Å². The van der Waals surface area contributed by atoms with Crippen LogP contribution in [0.2, 0.25) is 0 Å². The molecule has 0 atom stereocenters. The van der Waals surface area contributed by atoms with Gasteiger partial charge >= 0.3 is 0 Å². The molecule has 2 rings (SSSR count). The molecule has 1 aliphatic rings. The molecule has 0 bridgehead atoms. The van der Waals surface area contributed by atoms with Gasteiger partial charge in [0.25, 0.3) is 5.91 Å². The van der Waals surface area contributed by atoms with Crippen molar-refractivity contribution >= 4 is 5.91 Å². The van der Waals surface area contributed by atoms with E-state index >= 15 is 0 Å². The van der Waals surface area contributed by atoms with E-state index in [0.717, 1.165) is 12.8 Å². The van der Waals surface area contributed by atoms with Gasteiger partial charge in [-0.2, -0.15) is 0 Å². The molecule has 0 unspecified atom stereocenters. The smallest absolute Gasteiger partial charge is 0.251 e. The molecule has 1 fully saturated rings. The summed E-state index contributed by atoms with van der Waals surface area (Å²) in [5, 5.41) is 11.5. The van der Waals surface area contributed by atoms with E-state index in [1.165, 1.54) is 12.1 Å². The normalized spacial score (nSPS) is 15.3. The fourth-order valence-corrected chi connectivity index (χ4v) is 2.37. The van der Waals surface area contributed by atoms with Gasteiger partial charge in [-0.3, -0.25) is 4.79 Å². The van der Waals surface area contributed by atoms with Crippen molar-refractivity contribution in [3.05, 3.63) is 35.1 Å². The highest BCUT2D eigenvalue weighted by Gasteiger charge is 2.45. The van der Waals surface area contributed by atoms with Gasteiger partial charge in [0.1, 0.15) is 12.4 Å². The van der Waals surface area contributed by atoms with Crippen molar-refractivity contribution in [3.63, 3.8) is 0 Å². The number of benzene rings is 1. The van der Waals surface area contributed by atoms with Gasteiger partial charge in [0, 0.05) is 12.1 Å². The van der Waals surface area contributed by atoms with Crippen LogP contribution < -0.4 is 5.32 Å². The molecule has 1 saturated carbocycles. The Morgan fingerprint density at radius 2 is 2.19 bits per heavy atom. The van der Waals surface area contributed by atoms with E-state index in [-0.39, 0.29) is 23.5 Å². The summed E-state index contributed by atoms with van der Waals surface area (Å²) in [6.07, 6.45) is 2.27. The number of hydrogen-bond donors (Lipinski definition) is 2. The third kappa shape index (κ3) is 3.62. The third-order valence-electron chi connectivity index (χ3n) is 4.25. The molecular formula is C17H20FNO2. The Kier molecular flexibility index (Phi) is 4.64. The molecule has 0 radical (unpaired) electrons. The largest absolute Gasteiger partial charge is 0.384 e. The molecule has 1 aromatic carbocycles. The molecule has 0 spiro atoms. The second kappa shape index (κ2) is 6.28. The van der Waals surface area contributed by atoms with E-state index in [0.29, 0.717) is 18.0 Å². The minimum absolute atomic E-state index is 0.182. The number of hydrogen-bond acceptors (Lipinski definition) is 2. The van der Waals surface area contributed by atoms with E-state index in [9.17, 15) is 9.18 Å². The van der Waals surface area contributed by atoms with E-state index in [4.69, 9.17) is 5.11 Å². The maximum atomic E-state index is 13.8. The lowest BCUT2D eigenvalue weighted by Crippen LogP contribution is -2.32. The molecule has 0 heterocycles. The predicted molar refractivity (Wildman–Crippen MR) is 79.2 cm³/mol. The summed E-state index contributed by atoms with van der Waals surface area (Å²) in [5.41, 5.74) is 0.698. The van der Waals surface area contributed by atoms with Crippen LogP contribution >= 0.6 is 0 Å². The minimum atomic E-state index is -0.548. The molecule has 1 aliphatic carbocycles. The van der Waals surface area contributed by atoms with Gasteiger partial charge in [0.15, 0.2) is 0 Å². The zero-order chi connectivity index (χ0) is 15.5. The van der Waals surface area contributed by atoms with E-state index < -0.39 is 5.82 Å². The summed E-state index contributed by atoms with van der Waals surface area (Å²) in [6, 6.07) is 4.20. The lowest BCUT2D eigenvalue weighted by atomic mass is 9.92. The molecule has 0 aromatic heterocycles. The van der Waals surface area contributed by atoms with Crippen molar-refractivity contribution in [1.29, 1.82) is 0 Å². The highest BCUT2D eigenvalue weighted by atomic mass is 19.1. The lowest BCUT2D eigenvalue weighted by molar-refractivity contribution is 0.0939. The summed E-state index contributed by atoms with van der Waals surface area (Å²) >= 11 is 0. The van der Waals surface area contributed by atoms with Crippen molar-refractivity contribution in [1.82, 2.24) is 5.32 Å². The molecule has 21 heavy (non-hydrogen) atoms. The van der Waals surface area contributed by atoms with Crippen LogP contribution in [-0.4, -0.2) is 24.2 Å². The van der Waals surface area contributed by atoms with Crippen LogP contribution in [0, 0.1) is 29.0 Å². The van der Waals surface area contributed by atoms with Gasteiger partial charge < -0.3 is 10.4 Å². The van der Waals surface area contributed by atoms with Crippen LogP contribution in [-0.2, 0) is 0 Å². The maximum Gasteiger partial charge on any atom is 0.251 e. The SMILES string of the molecule is CC(C)C1(CNC(=O)c2ccc(C#CCO)c(F)c2)CC1. The standard InChI is InChI=1S/C17H20FNO2/c1-12(2)17(7-8-17)11-19-16(21)14-6-5-13(4-3-9-20)15(18)10-14/h5-6,10,12,20H,7-9,11H2,1-2H3,(H,19,21). The molecule has 0 saturated heterocycles. The Morgan fingerprint density at radius 3 is 2.71 bits per heavy atom. The number of nitrogens with one attached hydrogen (secondary N) is 1. The zero-order valence-corrected chi connectivity index (χ0v) is 12.4. The van der Waals surface area contributed by atoms with E-state index in [1.807, 2.05) is 0 Å². The topological polar surface area (TPSA) is 49.3 Å². The van der Waals surface area contributed by atoms with Crippen molar-refractivity contribution in [2.75, 3.05) is 13.2 Å². The second-order valence-corrected chi connectivity index (χ2v) is 5.85. The lowest BCUT2D eigenvalue weighted by Gasteiger charge is -2.20.